The molecular formula is C17H13N2O3-. The van der Waals surface area contributed by atoms with Gasteiger partial charge in [0.1, 0.15) is 11.6 Å². The SMILES string of the molecule is COc1ccccc1/C=C/c1nc2c(C(=O)[O-])cccc2[nH]1. The number of benzene rings is 2. The van der Waals surface area contributed by atoms with Gasteiger partial charge in [0.05, 0.1) is 24.1 Å². The van der Waals surface area contributed by atoms with Crippen molar-refractivity contribution in [1.82, 2.24) is 9.97 Å². The van der Waals surface area contributed by atoms with Gasteiger partial charge in [0, 0.05) is 11.1 Å². The predicted molar refractivity (Wildman–Crippen MR) is 82.3 cm³/mol. The van der Waals surface area contributed by atoms with E-state index in [2.05, 4.69) is 9.97 Å². The Labute approximate surface area is 126 Å². The highest BCUT2D eigenvalue weighted by Gasteiger charge is 2.06. The van der Waals surface area contributed by atoms with Crippen LogP contribution < -0.4 is 9.84 Å². The standard InChI is InChI=1S/C17H14N2O3/c1-22-14-8-3-2-5-11(14)9-10-15-18-13-7-4-6-12(17(20)21)16(13)19-15/h2-10H,1H3,(H,18,19)(H,20,21)/p-1/b10-9+. The first-order valence-corrected chi connectivity index (χ1v) is 6.70. The lowest BCUT2D eigenvalue weighted by Crippen LogP contribution is -2.22. The first kappa shape index (κ1) is 13.9. The molecule has 0 amide bonds. The molecule has 5 heteroatoms. The Morgan fingerprint density at radius 2 is 2.00 bits per heavy atom. The van der Waals surface area contributed by atoms with E-state index in [0.717, 1.165) is 11.3 Å². The molecule has 5 nitrogen and oxygen atoms in total. The third kappa shape index (κ3) is 2.56. The number of nitrogens with one attached hydrogen (secondary N) is 1. The van der Waals surface area contributed by atoms with Gasteiger partial charge in [0.2, 0.25) is 0 Å². The van der Waals surface area contributed by atoms with Gasteiger partial charge in [-0.05, 0) is 24.3 Å². The lowest BCUT2D eigenvalue weighted by Gasteiger charge is -2.02. The summed E-state index contributed by atoms with van der Waals surface area (Å²) in [5.74, 6) is 0.0808. The van der Waals surface area contributed by atoms with E-state index in [4.69, 9.17) is 4.74 Å². The fourth-order valence-electron chi connectivity index (χ4n) is 2.27. The first-order valence-electron chi connectivity index (χ1n) is 6.70. The fraction of sp³-hybridized carbons (Fsp3) is 0.0588. The normalized spacial score (nSPS) is 11.1. The highest BCUT2D eigenvalue weighted by Crippen LogP contribution is 2.21. The molecule has 0 aliphatic rings. The Bertz CT molecular complexity index is 865. The Hall–Kier alpha value is -3.08. The number of aromatic nitrogens is 2. The number of methoxy groups -OCH3 is 1. The van der Waals surface area contributed by atoms with Crippen LogP contribution in [0.3, 0.4) is 0 Å². The smallest absolute Gasteiger partial charge is 0.131 e. The van der Waals surface area contributed by atoms with Crippen LogP contribution in [0, 0.1) is 0 Å². The van der Waals surface area contributed by atoms with Gasteiger partial charge < -0.3 is 19.6 Å². The topological polar surface area (TPSA) is 78.0 Å². The van der Waals surface area contributed by atoms with Crippen molar-refractivity contribution >= 4 is 29.2 Å². The molecule has 0 spiro atoms. The number of rotatable bonds is 4. The van der Waals surface area contributed by atoms with E-state index in [1.807, 2.05) is 30.3 Å². The second-order valence-corrected chi connectivity index (χ2v) is 4.69. The average Bonchev–Trinajstić information content (AvgIpc) is 2.95. The van der Waals surface area contributed by atoms with E-state index in [1.54, 1.807) is 25.3 Å². The van der Waals surface area contributed by atoms with Crippen LogP contribution in [-0.2, 0) is 0 Å². The number of carboxylic acid groups (broad SMARTS) is 1. The van der Waals surface area contributed by atoms with Crippen LogP contribution in [0.1, 0.15) is 21.7 Å². The van der Waals surface area contributed by atoms with Crippen LogP contribution in [0.15, 0.2) is 42.5 Å². The third-order valence-electron chi connectivity index (χ3n) is 3.31. The summed E-state index contributed by atoms with van der Waals surface area (Å²) in [4.78, 5) is 18.5. The number of H-pyrrole nitrogens is 1. The molecule has 0 unspecified atom stereocenters. The van der Waals surface area contributed by atoms with Gasteiger partial charge in [0.15, 0.2) is 0 Å². The molecule has 0 aliphatic carbocycles. The Morgan fingerprint density at radius 3 is 2.77 bits per heavy atom. The van der Waals surface area contributed by atoms with Gasteiger partial charge in [-0.2, -0.15) is 0 Å². The molecule has 1 N–H and O–H groups in total. The van der Waals surface area contributed by atoms with Crippen molar-refractivity contribution in [2.24, 2.45) is 0 Å². The summed E-state index contributed by atoms with van der Waals surface area (Å²) >= 11 is 0. The van der Waals surface area contributed by atoms with Gasteiger partial charge in [-0.1, -0.05) is 30.3 Å². The zero-order valence-electron chi connectivity index (χ0n) is 11.9. The molecular weight excluding hydrogens is 280 g/mol. The molecule has 0 aliphatic heterocycles. The number of carboxylic acids is 1. The first-order chi connectivity index (χ1) is 10.7. The summed E-state index contributed by atoms with van der Waals surface area (Å²) in [5.41, 5.74) is 2.03. The van der Waals surface area contributed by atoms with Gasteiger partial charge in [-0.15, -0.1) is 0 Å². The molecule has 0 saturated carbocycles. The molecule has 0 fully saturated rings. The van der Waals surface area contributed by atoms with E-state index >= 15 is 0 Å². The molecule has 0 radical (unpaired) electrons. The van der Waals surface area contributed by atoms with E-state index in [0.29, 0.717) is 16.9 Å². The molecule has 1 aromatic heterocycles. The van der Waals surface area contributed by atoms with Crippen LogP contribution in [0.5, 0.6) is 5.75 Å². The van der Waals surface area contributed by atoms with Crippen LogP contribution in [0.2, 0.25) is 0 Å². The summed E-state index contributed by atoms with van der Waals surface area (Å²) in [6.45, 7) is 0. The minimum absolute atomic E-state index is 0.0747. The van der Waals surface area contributed by atoms with Crippen molar-refractivity contribution in [2.75, 3.05) is 7.11 Å². The van der Waals surface area contributed by atoms with Gasteiger partial charge in [-0.3, -0.25) is 0 Å². The molecule has 2 aromatic carbocycles. The van der Waals surface area contributed by atoms with Gasteiger partial charge in [-0.25, -0.2) is 4.98 Å². The van der Waals surface area contributed by atoms with Gasteiger partial charge in [0.25, 0.3) is 0 Å². The molecule has 0 atom stereocenters. The van der Waals surface area contributed by atoms with E-state index in [-0.39, 0.29) is 5.56 Å². The Balaban J connectivity index is 1.99. The highest BCUT2D eigenvalue weighted by atomic mass is 16.5. The second-order valence-electron chi connectivity index (χ2n) is 4.69. The van der Waals surface area contributed by atoms with Crippen LogP contribution >= 0.6 is 0 Å². The average molecular weight is 293 g/mol. The third-order valence-corrected chi connectivity index (χ3v) is 3.31. The summed E-state index contributed by atoms with van der Waals surface area (Å²) < 4.78 is 5.28. The van der Waals surface area contributed by atoms with E-state index in [9.17, 15) is 9.90 Å². The number of para-hydroxylation sites is 2. The monoisotopic (exact) mass is 293 g/mol. The number of nitrogens with zero attached hydrogens (tertiary/aromatic N) is 1. The summed E-state index contributed by atoms with van der Waals surface area (Å²) in [5, 5.41) is 11.1. The van der Waals surface area contributed by atoms with Gasteiger partial charge >= 0.3 is 0 Å². The largest absolute Gasteiger partial charge is 0.545 e. The van der Waals surface area contributed by atoms with Crippen LogP contribution in [0.4, 0.5) is 0 Å². The molecule has 1 heterocycles. The fourth-order valence-corrected chi connectivity index (χ4v) is 2.27. The maximum absolute atomic E-state index is 11.1. The van der Waals surface area contributed by atoms with Crippen molar-refractivity contribution < 1.29 is 14.6 Å². The van der Waals surface area contributed by atoms with Crippen molar-refractivity contribution in [3.05, 3.63) is 59.4 Å². The molecule has 0 saturated heterocycles. The van der Waals surface area contributed by atoms with Crippen LogP contribution in [-0.4, -0.2) is 23.0 Å². The number of aromatic amines is 1. The Kier molecular flexibility index (Phi) is 3.62. The summed E-state index contributed by atoms with van der Waals surface area (Å²) in [6.07, 6.45) is 3.63. The van der Waals surface area contributed by atoms with E-state index in [1.165, 1.54) is 6.07 Å². The summed E-state index contributed by atoms with van der Waals surface area (Å²) in [7, 11) is 1.61. The maximum Gasteiger partial charge on any atom is 0.131 e. The quantitative estimate of drug-likeness (QED) is 0.799. The Morgan fingerprint density at radius 1 is 1.18 bits per heavy atom. The zero-order valence-corrected chi connectivity index (χ0v) is 11.9. The number of carbonyl (C=O) groups excluding carboxylic acids is 1. The number of fused-ring (bicyclic) bond motifs is 1. The number of imidazole rings is 1. The zero-order chi connectivity index (χ0) is 15.5. The van der Waals surface area contributed by atoms with Crippen molar-refractivity contribution in [3.63, 3.8) is 0 Å². The maximum atomic E-state index is 11.1. The van der Waals surface area contributed by atoms with Crippen molar-refractivity contribution in [2.45, 2.75) is 0 Å². The van der Waals surface area contributed by atoms with Crippen molar-refractivity contribution in [1.29, 1.82) is 0 Å². The minimum atomic E-state index is -1.24. The molecule has 3 aromatic rings. The van der Waals surface area contributed by atoms with Crippen LogP contribution in [0.25, 0.3) is 23.2 Å². The van der Waals surface area contributed by atoms with Crippen molar-refractivity contribution in [3.8, 4) is 5.75 Å². The second kappa shape index (κ2) is 5.73. The molecule has 22 heavy (non-hydrogen) atoms. The molecule has 3 rings (SSSR count). The molecule has 0 bridgehead atoms. The number of carbonyl (C=O) groups is 1. The lowest BCUT2D eigenvalue weighted by molar-refractivity contribution is -0.254. The lowest BCUT2D eigenvalue weighted by atomic mass is 10.2. The number of hydrogen-bond donors (Lipinski definition) is 1. The highest BCUT2D eigenvalue weighted by molar-refractivity contribution is 6.00. The number of ether oxygens (including phenoxy) is 1. The number of aromatic carboxylic acids is 1. The van der Waals surface area contributed by atoms with E-state index < -0.39 is 5.97 Å². The number of hydrogen-bond acceptors (Lipinski definition) is 4. The summed E-state index contributed by atoms with van der Waals surface area (Å²) in [6, 6.07) is 12.5. The minimum Gasteiger partial charge on any atom is -0.545 e. The predicted octanol–water partition coefficient (Wildman–Crippen LogP) is 2.11. The molecule has 110 valence electrons.